The maximum absolute atomic E-state index is 12.4. The van der Waals surface area contributed by atoms with Crippen molar-refractivity contribution in [3.63, 3.8) is 0 Å². The number of amides is 1. The number of ether oxygens (including phenoxy) is 2. The molecule has 1 saturated carbocycles. The molecule has 1 aliphatic rings. The second kappa shape index (κ2) is 8.41. The lowest BCUT2D eigenvalue weighted by Crippen LogP contribution is -2.44. The lowest BCUT2D eigenvalue weighted by atomic mass is 9.94. The largest absolute Gasteiger partial charge is 0.468 e. The van der Waals surface area contributed by atoms with E-state index >= 15 is 0 Å². The van der Waals surface area contributed by atoms with Crippen molar-refractivity contribution in [2.24, 2.45) is 0 Å². The monoisotopic (exact) mass is 305 g/mol. The standard InChI is InChI=1S/C17H23NO4/c1-21-16(19)12-18(15-10-6-3-7-11-15)17(20)22-13-14-8-4-2-5-9-14/h2,4-5,8-9,15H,3,6-7,10-13H2,1H3. The first-order valence-corrected chi connectivity index (χ1v) is 7.75. The van der Waals surface area contributed by atoms with Crippen molar-refractivity contribution in [2.45, 2.75) is 44.8 Å². The van der Waals surface area contributed by atoms with Crippen LogP contribution in [0.25, 0.3) is 0 Å². The molecule has 0 atom stereocenters. The Morgan fingerprint density at radius 1 is 1.14 bits per heavy atom. The van der Waals surface area contributed by atoms with Gasteiger partial charge in [0.15, 0.2) is 0 Å². The number of hydrogen-bond donors (Lipinski definition) is 0. The summed E-state index contributed by atoms with van der Waals surface area (Å²) in [6.07, 6.45) is 4.72. The van der Waals surface area contributed by atoms with Crippen molar-refractivity contribution in [3.05, 3.63) is 35.9 Å². The molecule has 1 amide bonds. The van der Waals surface area contributed by atoms with E-state index in [9.17, 15) is 9.59 Å². The molecule has 0 bridgehead atoms. The Morgan fingerprint density at radius 2 is 1.82 bits per heavy atom. The predicted octanol–water partition coefficient (Wildman–Crippen LogP) is 3.13. The van der Waals surface area contributed by atoms with E-state index in [1.807, 2.05) is 30.3 Å². The average Bonchev–Trinajstić information content (AvgIpc) is 2.59. The number of methoxy groups -OCH3 is 1. The predicted molar refractivity (Wildman–Crippen MR) is 82.2 cm³/mol. The summed E-state index contributed by atoms with van der Waals surface area (Å²) in [7, 11) is 1.33. The van der Waals surface area contributed by atoms with Gasteiger partial charge in [0.25, 0.3) is 0 Å². The summed E-state index contributed by atoms with van der Waals surface area (Å²) in [4.78, 5) is 25.5. The van der Waals surface area contributed by atoms with Gasteiger partial charge in [0.1, 0.15) is 13.2 Å². The third-order valence-corrected chi connectivity index (χ3v) is 3.98. The molecule has 1 aliphatic carbocycles. The number of esters is 1. The molecule has 1 fully saturated rings. The Labute approximate surface area is 131 Å². The van der Waals surface area contributed by atoms with Crippen LogP contribution in [0.5, 0.6) is 0 Å². The summed E-state index contributed by atoms with van der Waals surface area (Å²) >= 11 is 0. The van der Waals surface area contributed by atoms with Crippen LogP contribution < -0.4 is 0 Å². The zero-order valence-corrected chi connectivity index (χ0v) is 13.0. The van der Waals surface area contributed by atoms with Crippen molar-refractivity contribution >= 4 is 12.1 Å². The first kappa shape index (κ1) is 16.3. The maximum Gasteiger partial charge on any atom is 0.410 e. The highest BCUT2D eigenvalue weighted by Gasteiger charge is 2.28. The van der Waals surface area contributed by atoms with Gasteiger partial charge in [0, 0.05) is 6.04 Å². The molecule has 0 aromatic heterocycles. The fourth-order valence-electron chi connectivity index (χ4n) is 2.74. The molecule has 0 aliphatic heterocycles. The van der Waals surface area contributed by atoms with Crippen LogP contribution in [0.3, 0.4) is 0 Å². The van der Waals surface area contributed by atoms with E-state index < -0.39 is 12.1 Å². The Balaban J connectivity index is 1.96. The Kier molecular flexibility index (Phi) is 6.25. The van der Waals surface area contributed by atoms with E-state index in [1.165, 1.54) is 18.4 Å². The first-order chi connectivity index (χ1) is 10.7. The van der Waals surface area contributed by atoms with Gasteiger partial charge in [-0.25, -0.2) is 4.79 Å². The number of rotatable bonds is 5. The molecule has 0 unspecified atom stereocenters. The van der Waals surface area contributed by atoms with Crippen LogP contribution >= 0.6 is 0 Å². The van der Waals surface area contributed by atoms with Crippen molar-refractivity contribution < 1.29 is 19.1 Å². The minimum Gasteiger partial charge on any atom is -0.468 e. The van der Waals surface area contributed by atoms with Crippen molar-refractivity contribution in [1.29, 1.82) is 0 Å². The molecule has 0 radical (unpaired) electrons. The molecular formula is C17H23NO4. The van der Waals surface area contributed by atoms with Crippen molar-refractivity contribution in [3.8, 4) is 0 Å². The highest BCUT2D eigenvalue weighted by atomic mass is 16.6. The van der Waals surface area contributed by atoms with Crippen LogP contribution in [-0.2, 0) is 20.9 Å². The lowest BCUT2D eigenvalue weighted by molar-refractivity contribution is -0.142. The Morgan fingerprint density at radius 3 is 2.45 bits per heavy atom. The third kappa shape index (κ3) is 4.76. The van der Waals surface area contributed by atoms with E-state index in [-0.39, 0.29) is 19.2 Å². The minimum atomic E-state index is -0.443. The molecule has 0 N–H and O–H groups in total. The van der Waals surface area contributed by atoms with Crippen LogP contribution in [-0.4, -0.2) is 36.7 Å². The van der Waals surface area contributed by atoms with Gasteiger partial charge in [0.05, 0.1) is 7.11 Å². The summed E-state index contributed by atoms with van der Waals surface area (Å²) in [6.45, 7) is 0.166. The number of carbonyl (C=O) groups excluding carboxylic acids is 2. The fourth-order valence-corrected chi connectivity index (χ4v) is 2.74. The van der Waals surface area contributed by atoms with Crippen LogP contribution in [0.4, 0.5) is 4.79 Å². The van der Waals surface area contributed by atoms with Crippen molar-refractivity contribution in [2.75, 3.05) is 13.7 Å². The normalized spacial score (nSPS) is 15.1. The summed E-state index contributed by atoms with van der Waals surface area (Å²) in [5.74, 6) is -0.415. The second-order valence-electron chi connectivity index (χ2n) is 5.54. The molecule has 1 aromatic carbocycles. The topological polar surface area (TPSA) is 55.8 Å². The van der Waals surface area contributed by atoms with E-state index in [0.29, 0.717) is 0 Å². The third-order valence-electron chi connectivity index (χ3n) is 3.98. The van der Waals surface area contributed by atoms with Gasteiger partial charge in [-0.3, -0.25) is 9.69 Å². The summed E-state index contributed by atoms with van der Waals surface area (Å²) in [6, 6.07) is 9.58. The van der Waals surface area contributed by atoms with Gasteiger partial charge >= 0.3 is 12.1 Å². The SMILES string of the molecule is COC(=O)CN(C(=O)OCc1ccccc1)C1CCCCC1. The van der Waals surface area contributed by atoms with Gasteiger partial charge < -0.3 is 9.47 Å². The van der Waals surface area contributed by atoms with Gasteiger partial charge in [-0.2, -0.15) is 0 Å². The summed E-state index contributed by atoms with van der Waals surface area (Å²) in [5.41, 5.74) is 0.928. The molecule has 5 nitrogen and oxygen atoms in total. The average molecular weight is 305 g/mol. The van der Waals surface area contributed by atoms with E-state index in [1.54, 1.807) is 0 Å². The van der Waals surface area contributed by atoms with Crippen LogP contribution in [0, 0.1) is 0 Å². The highest BCUT2D eigenvalue weighted by Crippen LogP contribution is 2.23. The van der Waals surface area contributed by atoms with Gasteiger partial charge in [-0.1, -0.05) is 49.6 Å². The molecule has 0 heterocycles. The molecule has 0 saturated heterocycles. The fraction of sp³-hybridized carbons (Fsp3) is 0.529. The van der Waals surface area contributed by atoms with Crippen LogP contribution in [0.2, 0.25) is 0 Å². The molecule has 0 spiro atoms. The lowest BCUT2D eigenvalue weighted by Gasteiger charge is -2.32. The van der Waals surface area contributed by atoms with E-state index in [4.69, 9.17) is 9.47 Å². The zero-order valence-electron chi connectivity index (χ0n) is 13.0. The van der Waals surface area contributed by atoms with Gasteiger partial charge in [-0.15, -0.1) is 0 Å². The smallest absolute Gasteiger partial charge is 0.410 e. The molecule has 5 heteroatoms. The molecule has 22 heavy (non-hydrogen) atoms. The van der Waals surface area contributed by atoms with Crippen LogP contribution in [0.1, 0.15) is 37.7 Å². The van der Waals surface area contributed by atoms with Gasteiger partial charge in [-0.05, 0) is 18.4 Å². The molecule has 120 valence electrons. The Hall–Kier alpha value is -2.04. The first-order valence-electron chi connectivity index (χ1n) is 7.75. The van der Waals surface area contributed by atoms with E-state index in [0.717, 1.165) is 31.2 Å². The number of benzene rings is 1. The van der Waals surface area contributed by atoms with Crippen molar-refractivity contribution in [1.82, 2.24) is 4.90 Å². The quantitative estimate of drug-likeness (QED) is 0.784. The second-order valence-corrected chi connectivity index (χ2v) is 5.54. The summed E-state index contributed by atoms with van der Waals surface area (Å²) < 4.78 is 10.1. The van der Waals surface area contributed by atoms with E-state index in [2.05, 4.69) is 0 Å². The minimum absolute atomic E-state index is 0.0468. The molecule has 1 aromatic rings. The maximum atomic E-state index is 12.4. The Bertz CT molecular complexity index is 483. The van der Waals surface area contributed by atoms with Gasteiger partial charge in [0.2, 0.25) is 0 Å². The van der Waals surface area contributed by atoms with Crippen LogP contribution in [0.15, 0.2) is 30.3 Å². The zero-order chi connectivity index (χ0) is 15.8. The number of carbonyl (C=O) groups is 2. The summed E-state index contributed by atoms with van der Waals surface area (Å²) in [5, 5.41) is 0. The molecule has 2 rings (SSSR count). The molecular weight excluding hydrogens is 282 g/mol. The number of hydrogen-bond acceptors (Lipinski definition) is 4. The number of nitrogens with zero attached hydrogens (tertiary/aromatic N) is 1. The highest BCUT2D eigenvalue weighted by molar-refractivity contribution is 5.78.